The highest BCUT2D eigenvalue weighted by atomic mass is 35.5. The van der Waals surface area contributed by atoms with Gasteiger partial charge < -0.3 is 4.90 Å². The lowest BCUT2D eigenvalue weighted by Crippen LogP contribution is -2.49. The molecule has 126 valence electrons. The highest BCUT2D eigenvalue weighted by Gasteiger charge is 2.19. The minimum Gasteiger partial charge on any atom is -0.354 e. The molecule has 23 heavy (non-hydrogen) atoms. The molecule has 2 heterocycles. The van der Waals surface area contributed by atoms with Gasteiger partial charge in [-0.25, -0.2) is 4.98 Å². The number of hydrogen-bond acceptors (Lipinski definition) is 3. The monoisotopic (exact) mass is 333 g/mol. The van der Waals surface area contributed by atoms with Gasteiger partial charge in [0, 0.05) is 37.6 Å². The van der Waals surface area contributed by atoms with Gasteiger partial charge in [0.05, 0.1) is 5.52 Å². The van der Waals surface area contributed by atoms with E-state index in [2.05, 4.69) is 60.9 Å². The molecule has 1 aromatic heterocycles. The van der Waals surface area contributed by atoms with Crippen molar-refractivity contribution in [1.29, 1.82) is 0 Å². The van der Waals surface area contributed by atoms with Crippen LogP contribution in [-0.2, 0) is 6.42 Å². The van der Waals surface area contributed by atoms with Crippen molar-refractivity contribution in [3.05, 3.63) is 35.9 Å². The Morgan fingerprint density at radius 1 is 1.04 bits per heavy atom. The fraction of sp³-hybridized carbons (Fsp3) is 0.526. The molecular formula is C19H28ClN3. The molecule has 0 atom stereocenters. The van der Waals surface area contributed by atoms with E-state index in [1.54, 1.807) is 0 Å². The molecule has 4 heteroatoms. The van der Waals surface area contributed by atoms with E-state index in [-0.39, 0.29) is 12.4 Å². The van der Waals surface area contributed by atoms with Crippen LogP contribution in [0, 0.1) is 0 Å². The van der Waals surface area contributed by atoms with Crippen molar-refractivity contribution < 1.29 is 0 Å². The van der Waals surface area contributed by atoms with E-state index >= 15 is 0 Å². The molecule has 0 bridgehead atoms. The Morgan fingerprint density at radius 2 is 1.78 bits per heavy atom. The molecule has 0 amide bonds. The first-order chi connectivity index (χ1) is 10.7. The topological polar surface area (TPSA) is 19.4 Å². The van der Waals surface area contributed by atoms with Crippen LogP contribution < -0.4 is 4.90 Å². The summed E-state index contributed by atoms with van der Waals surface area (Å²) in [5.41, 5.74) is 2.53. The van der Waals surface area contributed by atoms with Crippen LogP contribution in [0.4, 0.5) is 5.82 Å². The van der Waals surface area contributed by atoms with Gasteiger partial charge in [0.2, 0.25) is 0 Å². The number of nitrogens with zero attached hydrogens (tertiary/aromatic N) is 3. The van der Waals surface area contributed by atoms with Gasteiger partial charge in [-0.2, -0.15) is 0 Å². The van der Waals surface area contributed by atoms with Gasteiger partial charge in [-0.05, 0) is 50.1 Å². The summed E-state index contributed by atoms with van der Waals surface area (Å²) < 4.78 is 0. The van der Waals surface area contributed by atoms with E-state index in [9.17, 15) is 0 Å². The predicted molar refractivity (Wildman–Crippen MR) is 102 cm³/mol. The Balaban J connectivity index is 0.00000192. The summed E-state index contributed by atoms with van der Waals surface area (Å²) in [4.78, 5) is 9.83. The summed E-state index contributed by atoms with van der Waals surface area (Å²) in [7, 11) is 0. The lowest BCUT2D eigenvalue weighted by atomic mass is 10.1. The first-order valence-electron chi connectivity index (χ1n) is 8.56. The van der Waals surface area contributed by atoms with E-state index in [0.717, 1.165) is 43.9 Å². The lowest BCUT2D eigenvalue weighted by molar-refractivity contribution is 0.209. The Labute approximate surface area is 146 Å². The number of piperazine rings is 1. The third-order valence-corrected chi connectivity index (χ3v) is 4.65. The van der Waals surface area contributed by atoms with Gasteiger partial charge in [-0.1, -0.05) is 19.4 Å². The number of aryl methyl sites for hydroxylation is 1. The average Bonchev–Trinajstić information content (AvgIpc) is 2.55. The molecule has 0 aliphatic carbocycles. The second-order valence-electron chi connectivity index (χ2n) is 6.56. The van der Waals surface area contributed by atoms with Crippen LogP contribution in [-0.4, -0.2) is 42.1 Å². The molecule has 0 saturated carbocycles. The molecule has 0 unspecified atom stereocenters. The van der Waals surface area contributed by atoms with Crippen LogP contribution in [0.15, 0.2) is 30.3 Å². The molecule has 1 aromatic carbocycles. The lowest BCUT2D eigenvalue weighted by Gasteiger charge is -2.37. The van der Waals surface area contributed by atoms with Crippen molar-refractivity contribution in [3.8, 4) is 0 Å². The zero-order valence-corrected chi connectivity index (χ0v) is 15.3. The maximum Gasteiger partial charge on any atom is 0.129 e. The van der Waals surface area contributed by atoms with Crippen LogP contribution in [0.2, 0.25) is 0 Å². The van der Waals surface area contributed by atoms with Crippen LogP contribution in [0.1, 0.15) is 32.8 Å². The third-order valence-electron chi connectivity index (χ3n) is 4.65. The van der Waals surface area contributed by atoms with Crippen molar-refractivity contribution in [2.24, 2.45) is 0 Å². The number of hydrogen-bond donors (Lipinski definition) is 0. The second kappa shape index (κ2) is 7.98. The number of rotatable bonds is 4. The first kappa shape index (κ1) is 18.0. The predicted octanol–water partition coefficient (Wildman–Crippen LogP) is 4.14. The van der Waals surface area contributed by atoms with Gasteiger partial charge >= 0.3 is 0 Å². The summed E-state index contributed by atoms with van der Waals surface area (Å²) in [5, 5.41) is 1.26. The number of halogens is 1. The van der Waals surface area contributed by atoms with Crippen LogP contribution in [0.3, 0.4) is 0 Å². The van der Waals surface area contributed by atoms with E-state index in [0.29, 0.717) is 6.04 Å². The van der Waals surface area contributed by atoms with Crippen LogP contribution >= 0.6 is 12.4 Å². The highest BCUT2D eigenvalue weighted by Crippen LogP contribution is 2.21. The minimum atomic E-state index is 0. The van der Waals surface area contributed by atoms with Crippen molar-refractivity contribution in [2.45, 2.75) is 39.7 Å². The molecule has 1 fully saturated rings. The number of pyridine rings is 1. The molecule has 0 N–H and O–H groups in total. The van der Waals surface area contributed by atoms with Gasteiger partial charge in [-0.15, -0.1) is 12.4 Å². The van der Waals surface area contributed by atoms with Crippen LogP contribution in [0.5, 0.6) is 0 Å². The third kappa shape index (κ3) is 4.15. The zero-order chi connectivity index (χ0) is 15.5. The van der Waals surface area contributed by atoms with Crippen molar-refractivity contribution in [1.82, 2.24) is 9.88 Å². The van der Waals surface area contributed by atoms with E-state index in [4.69, 9.17) is 4.98 Å². The minimum absolute atomic E-state index is 0. The SMILES string of the molecule is CCCc1ccc2nc(N3CCN(C(C)C)CC3)ccc2c1.Cl. The normalized spacial score (nSPS) is 15.9. The Hall–Kier alpha value is -1.32. The van der Waals surface area contributed by atoms with Gasteiger partial charge in [0.1, 0.15) is 5.82 Å². The van der Waals surface area contributed by atoms with Crippen molar-refractivity contribution >= 4 is 29.1 Å². The van der Waals surface area contributed by atoms with Crippen molar-refractivity contribution in [3.63, 3.8) is 0 Å². The molecule has 1 saturated heterocycles. The molecule has 0 spiro atoms. The molecule has 3 rings (SSSR count). The molecule has 1 aliphatic rings. The molecule has 3 nitrogen and oxygen atoms in total. The molecule has 0 radical (unpaired) electrons. The fourth-order valence-electron chi connectivity index (χ4n) is 3.25. The van der Waals surface area contributed by atoms with E-state index in [1.165, 1.54) is 17.4 Å². The van der Waals surface area contributed by atoms with Crippen LogP contribution in [0.25, 0.3) is 10.9 Å². The summed E-state index contributed by atoms with van der Waals surface area (Å²) in [6, 6.07) is 11.7. The van der Waals surface area contributed by atoms with Gasteiger partial charge in [0.15, 0.2) is 0 Å². The van der Waals surface area contributed by atoms with E-state index in [1.807, 2.05) is 0 Å². The largest absolute Gasteiger partial charge is 0.354 e. The second-order valence-corrected chi connectivity index (χ2v) is 6.56. The maximum atomic E-state index is 4.88. The molecular weight excluding hydrogens is 306 g/mol. The summed E-state index contributed by atoms with van der Waals surface area (Å²) in [6.45, 7) is 11.2. The summed E-state index contributed by atoms with van der Waals surface area (Å²) >= 11 is 0. The number of anilines is 1. The smallest absolute Gasteiger partial charge is 0.129 e. The van der Waals surface area contributed by atoms with E-state index < -0.39 is 0 Å². The Bertz CT molecular complexity index is 634. The number of aromatic nitrogens is 1. The Morgan fingerprint density at radius 3 is 2.43 bits per heavy atom. The molecule has 1 aliphatic heterocycles. The van der Waals surface area contributed by atoms with Gasteiger partial charge in [0.25, 0.3) is 0 Å². The fourth-order valence-corrected chi connectivity index (χ4v) is 3.25. The summed E-state index contributed by atoms with van der Waals surface area (Å²) in [5.74, 6) is 1.12. The summed E-state index contributed by atoms with van der Waals surface area (Å²) in [6.07, 6.45) is 2.34. The van der Waals surface area contributed by atoms with Gasteiger partial charge in [-0.3, -0.25) is 4.90 Å². The Kier molecular flexibility index (Phi) is 6.25. The maximum absolute atomic E-state index is 4.88. The quantitative estimate of drug-likeness (QED) is 0.838. The number of benzene rings is 1. The van der Waals surface area contributed by atoms with Crippen molar-refractivity contribution in [2.75, 3.05) is 31.1 Å². The average molecular weight is 334 g/mol. The molecule has 2 aromatic rings. The zero-order valence-electron chi connectivity index (χ0n) is 14.5. The standard InChI is InChI=1S/C19H27N3.ClH/c1-4-5-16-6-8-18-17(14-16)7-9-19(20-18)22-12-10-21(11-13-22)15(2)3;/h6-9,14-15H,4-5,10-13H2,1-3H3;1H. The highest BCUT2D eigenvalue weighted by molar-refractivity contribution is 5.85. The first-order valence-corrected chi connectivity index (χ1v) is 8.56. The number of fused-ring (bicyclic) bond motifs is 1.